The van der Waals surface area contributed by atoms with Crippen molar-refractivity contribution in [2.24, 2.45) is 5.92 Å². The predicted molar refractivity (Wildman–Crippen MR) is 82.6 cm³/mol. The Kier molecular flexibility index (Phi) is 7.33. The average molecular weight is 270 g/mol. The summed E-state index contributed by atoms with van der Waals surface area (Å²) in [7, 11) is 0. The van der Waals surface area contributed by atoms with Crippen molar-refractivity contribution in [2.75, 3.05) is 32.8 Å². The molecular formula is C16H34N2O. The van der Waals surface area contributed by atoms with Crippen LogP contribution >= 0.6 is 0 Å². The summed E-state index contributed by atoms with van der Waals surface area (Å²) in [6.45, 7) is 16.6. The minimum atomic E-state index is 0.211. The summed E-state index contributed by atoms with van der Waals surface area (Å²) in [6, 6.07) is 0.570. The van der Waals surface area contributed by atoms with Crippen molar-refractivity contribution in [3.63, 3.8) is 0 Å². The molecule has 1 saturated heterocycles. The van der Waals surface area contributed by atoms with E-state index < -0.39 is 0 Å². The van der Waals surface area contributed by atoms with Gasteiger partial charge in [0.25, 0.3) is 0 Å². The molecule has 1 N–H and O–H groups in total. The van der Waals surface area contributed by atoms with Crippen LogP contribution in [0.1, 0.15) is 53.9 Å². The molecule has 1 rings (SSSR count). The quantitative estimate of drug-likeness (QED) is 0.734. The number of nitrogens with one attached hydrogen (secondary N) is 1. The molecule has 0 aromatic rings. The number of rotatable bonds is 8. The topological polar surface area (TPSA) is 24.5 Å². The second kappa shape index (κ2) is 8.23. The Morgan fingerprint density at radius 1 is 1.11 bits per heavy atom. The van der Waals surface area contributed by atoms with Crippen LogP contribution in [0, 0.1) is 5.92 Å². The van der Waals surface area contributed by atoms with Crippen molar-refractivity contribution in [3.8, 4) is 0 Å². The van der Waals surface area contributed by atoms with E-state index in [1.807, 2.05) is 0 Å². The largest absolute Gasteiger partial charge is 0.379 e. The zero-order valence-electron chi connectivity index (χ0n) is 13.7. The number of ether oxygens (including phenoxy) is 1. The molecule has 114 valence electrons. The lowest BCUT2D eigenvalue weighted by Crippen LogP contribution is -2.60. The number of nitrogens with zero attached hydrogens (tertiary/aromatic N) is 1. The highest BCUT2D eigenvalue weighted by atomic mass is 16.5. The van der Waals surface area contributed by atoms with Crippen LogP contribution in [-0.4, -0.2) is 49.3 Å². The molecule has 0 aromatic carbocycles. The lowest BCUT2D eigenvalue weighted by Gasteiger charge is -2.47. The van der Waals surface area contributed by atoms with Crippen LogP contribution in [0.25, 0.3) is 0 Å². The first kappa shape index (κ1) is 16.9. The molecule has 0 spiro atoms. The minimum Gasteiger partial charge on any atom is -0.379 e. The van der Waals surface area contributed by atoms with Crippen LogP contribution in [0.4, 0.5) is 0 Å². The van der Waals surface area contributed by atoms with E-state index >= 15 is 0 Å². The Bertz CT molecular complexity index is 233. The van der Waals surface area contributed by atoms with E-state index in [9.17, 15) is 0 Å². The second-order valence-corrected chi connectivity index (χ2v) is 6.28. The molecule has 1 aliphatic rings. The molecule has 3 nitrogen and oxygen atoms in total. The molecule has 1 fully saturated rings. The third-order valence-electron chi connectivity index (χ3n) is 4.85. The van der Waals surface area contributed by atoms with Crippen molar-refractivity contribution in [2.45, 2.75) is 65.5 Å². The van der Waals surface area contributed by atoms with Crippen LogP contribution in [0.3, 0.4) is 0 Å². The van der Waals surface area contributed by atoms with Crippen LogP contribution in [0.2, 0.25) is 0 Å². The van der Waals surface area contributed by atoms with Crippen molar-refractivity contribution in [3.05, 3.63) is 0 Å². The number of morpholine rings is 1. The maximum absolute atomic E-state index is 5.50. The van der Waals surface area contributed by atoms with E-state index in [0.717, 1.165) is 38.8 Å². The van der Waals surface area contributed by atoms with Gasteiger partial charge in [0.2, 0.25) is 0 Å². The zero-order chi connectivity index (χ0) is 14.3. The van der Waals surface area contributed by atoms with Gasteiger partial charge in [-0.05, 0) is 32.7 Å². The van der Waals surface area contributed by atoms with Gasteiger partial charge >= 0.3 is 0 Å². The van der Waals surface area contributed by atoms with Crippen LogP contribution in [0.15, 0.2) is 0 Å². The van der Waals surface area contributed by atoms with Gasteiger partial charge in [-0.15, -0.1) is 0 Å². The third-order valence-corrected chi connectivity index (χ3v) is 4.85. The van der Waals surface area contributed by atoms with Crippen LogP contribution in [0.5, 0.6) is 0 Å². The molecule has 0 aromatic heterocycles. The Hall–Kier alpha value is -0.120. The van der Waals surface area contributed by atoms with E-state index in [4.69, 9.17) is 4.74 Å². The summed E-state index contributed by atoms with van der Waals surface area (Å²) in [5, 5.41) is 3.74. The van der Waals surface area contributed by atoms with Gasteiger partial charge in [0.1, 0.15) is 0 Å². The molecule has 3 heteroatoms. The normalized spacial score (nSPS) is 19.9. The van der Waals surface area contributed by atoms with E-state index in [1.165, 1.54) is 19.3 Å². The van der Waals surface area contributed by atoms with Gasteiger partial charge in [0.15, 0.2) is 0 Å². The first-order chi connectivity index (χ1) is 9.06. The summed E-state index contributed by atoms with van der Waals surface area (Å²) >= 11 is 0. The molecule has 0 radical (unpaired) electrons. The smallest absolute Gasteiger partial charge is 0.0594 e. The van der Waals surface area contributed by atoms with E-state index in [2.05, 4.69) is 44.8 Å². The number of likely N-dealkylation sites (N-methyl/N-ethyl adjacent to an activating group) is 1. The van der Waals surface area contributed by atoms with Gasteiger partial charge in [0.05, 0.1) is 13.2 Å². The van der Waals surface area contributed by atoms with Crippen LogP contribution < -0.4 is 5.32 Å². The Labute approximate surface area is 120 Å². The first-order valence-electron chi connectivity index (χ1n) is 8.12. The second-order valence-electron chi connectivity index (χ2n) is 6.28. The van der Waals surface area contributed by atoms with Gasteiger partial charge in [-0.2, -0.15) is 0 Å². The SMILES string of the molecule is CCNC(CC(CC)CC)C(C)(C)N1CCOCC1. The van der Waals surface area contributed by atoms with Gasteiger partial charge < -0.3 is 10.1 Å². The molecular weight excluding hydrogens is 236 g/mol. The lowest BCUT2D eigenvalue weighted by molar-refractivity contribution is -0.0262. The molecule has 1 unspecified atom stereocenters. The van der Waals surface area contributed by atoms with Gasteiger partial charge in [-0.3, -0.25) is 4.90 Å². The number of hydrogen-bond donors (Lipinski definition) is 1. The summed E-state index contributed by atoms with van der Waals surface area (Å²) in [5.41, 5.74) is 0.211. The first-order valence-corrected chi connectivity index (χ1v) is 8.12. The van der Waals surface area contributed by atoms with Gasteiger partial charge in [-0.1, -0.05) is 33.6 Å². The highest BCUT2D eigenvalue weighted by Crippen LogP contribution is 2.27. The summed E-state index contributed by atoms with van der Waals surface area (Å²) in [5.74, 6) is 0.837. The highest BCUT2D eigenvalue weighted by Gasteiger charge is 2.36. The molecule has 19 heavy (non-hydrogen) atoms. The maximum Gasteiger partial charge on any atom is 0.0594 e. The van der Waals surface area contributed by atoms with Gasteiger partial charge in [0, 0.05) is 24.7 Å². The maximum atomic E-state index is 5.50. The van der Waals surface area contributed by atoms with E-state index in [0.29, 0.717) is 6.04 Å². The standard InChI is InChI=1S/C16H34N2O/c1-6-14(7-2)13-15(17-8-3)16(4,5)18-9-11-19-12-10-18/h14-15,17H,6-13H2,1-5H3. The average Bonchev–Trinajstić information content (AvgIpc) is 2.44. The zero-order valence-corrected chi connectivity index (χ0v) is 13.7. The van der Waals surface area contributed by atoms with Crippen LogP contribution in [-0.2, 0) is 4.74 Å². The minimum absolute atomic E-state index is 0.211. The molecule has 1 atom stereocenters. The molecule has 0 amide bonds. The Morgan fingerprint density at radius 2 is 1.68 bits per heavy atom. The Balaban J connectivity index is 2.70. The fourth-order valence-corrected chi connectivity index (χ4v) is 3.18. The predicted octanol–water partition coefficient (Wildman–Crippen LogP) is 2.90. The fraction of sp³-hybridized carbons (Fsp3) is 1.00. The number of hydrogen-bond acceptors (Lipinski definition) is 3. The van der Waals surface area contributed by atoms with Crippen molar-refractivity contribution < 1.29 is 4.74 Å². The Morgan fingerprint density at radius 3 is 2.16 bits per heavy atom. The van der Waals surface area contributed by atoms with Crippen molar-refractivity contribution in [1.82, 2.24) is 10.2 Å². The summed E-state index contributed by atoms with van der Waals surface area (Å²) in [6.07, 6.45) is 3.86. The summed E-state index contributed by atoms with van der Waals surface area (Å²) < 4.78 is 5.50. The molecule has 0 aliphatic carbocycles. The molecule has 0 saturated carbocycles. The molecule has 1 heterocycles. The molecule has 1 aliphatic heterocycles. The highest BCUT2D eigenvalue weighted by molar-refractivity contribution is 4.95. The van der Waals surface area contributed by atoms with Crippen molar-refractivity contribution in [1.29, 1.82) is 0 Å². The van der Waals surface area contributed by atoms with Gasteiger partial charge in [-0.25, -0.2) is 0 Å². The van der Waals surface area contributed by atoms with E-state index in [1.54, 1.807) is 0 Å². The monoisotopic (exact) mass is 270 g/mol. The van der Waals surface area contributed by atoms with Crippen molar-refractivity contribution >= 4 is 0 Å². The summed E-state index contributed by atoms with van der Waals surface area (Å²) in [4.78, 5) is 2.60. The fourth-order valence-electron chi connectivity index (χ4n) is 3.18. The lowest BCUT2D eigenvalue weighted by atomic mass is 9.83. The van der Waals surface area contributed by atoms with E-state index in [-0.39, 0.29) is 5.54 Å². The molecule has 0 bridgehead atoms. The third kappa shape index (κ3) is 4.73.